The monoisotopic (exact) mass is 271 g/mol. The molecule has 1 aromatic rings. The summed E-state index contributed by atoms with van der Waals surface area (Å²) in [6, 6.07) is 4.13. The summed E-state index contributed by atoms with van der Waals surface area (Å²) in [5.41, 5.74) is -0.244. The normalized spacial score (nSPS) is 9.67. The average Bonchev–Trinajstić information content (AvgIpc) is 2.35. The van der Waals surface area contributed by atoms with Gasteiger partial charge in [0.15, 0.2) is 0 Å². The van der Waals surface area contributed by atoms with Crippen LogP contribution in [-0.4, -0.2) is 24.6 Å². The Bertz CT molecular complexity index is 500. The fourth-order valence-corrected chi connectivity index (χ4v) is 1.37. The van der Waals surface area contributed by atoms with Crippen molar-refractivity contribution in [3.63, 3.8) is 0 Å². The highest BCUT2D eigenvalue weighted by atomic mass is 35.5. The highest BCUT2D eigenvalue weighted by Crippen LogP contribution is 2.34. The Labute approximate surface area is 108 Å². The number of nitro benzene ring substituents is 1. The minimum atomic E-state index is -0.648. The SMILES string of the molecule is C=C(COc1c(Cl)cccc1[N+](=O)[O-])C(=O)OC. The third-order valence-electron chi connectivity index (χ3n) is 2.01. The summed E-state index contributed by atoms with van der Waals surface area (Å²) in [5.74, 6) is -0.751. The van der Waals surface area contributed by atoms with Crippen LogP contribution in [-0.2, 0) is 9.53 Å². The van der Waals surface area contributed by atoms with E-state index < -0.39 is 10.9 Å². The first-order valence-corrected chi connectivity index (χ1v) is 5.17. The molecule has 0 N–H and O–H groups in total. The van der Waals surface area contributed by atoms with E-state index in [0.29, 0.717) is 0 Å². The van der Waals surface area contributed by atoms with Crippen LogP contribution in [0.4, 0.5) is 5.69 Å². The molecule has 1 rings (SSSR count). The Morgan fingerprint density at radius 2 is 2.22 bits per heavy atom. The summed E-state index contributed by atoms with van der Waals surface area (Å²) >= 11 is 5.80. The van der Waals surface area contributed by atoms with Crippen molar-refractivity contribution in [2.24, 2.45) is 0 Å². The van der Waals surface area contributed by atoms with Gasteiger partial charge in [-0.1, -0.05) is 24.2 Å². The van der Waals surface area contributed by atoms with Crippen LogP contribution >= 0.6 is 11.6 Å². The van der Waals surface area contributed by atoms with Gasteiger partial charge in [0.05, 0.1) is 22.6 Å². The maximum atomic E-state index is 11.1. The van der Waals surface area contributed by atoms with Crippen molar-refractivity contribution in [3.8, 4) is 5.75 Å². The van der Waals surface area contributed by atoms with Crippen molar-refractivity contribution in [1.29, 1.82) is 0 Å². The maximum Gasteiger partial charge on any atom is 0.336 e. The van der Waals surface area contributed by atoms with Gasteiger partial charge in [-0.05, 0) is 6.07 Å². The van der Waals surface area contributed by atoms with Gasteiger partial charge in [-0.2, -0.15) is 0 Å². The molecular formula is C11H10ClNO5. The van der Waals surface area contributed by atoms with Crippen LogP contribution in [0.25, 0.3) is 0 Å². The number of rotatable bonds is 5. The molecule has 0 saturated carbocycles. The number of benzene rings is 1. The first kappa shape index (κ1) is 14.0. The number of carbonyl (C=O) groups is 1. The minimum Gasteiger partial charge on any atom is -0.481 e. The summed E-state index contributed by atoms with van der Waals surface area (Å²) in [5, 5.41) is 10.8. The van der Waals surface area contributed by atoms with Gasteiger partial charge in [-0.15, -0.1) is 0 Å². The number of hydrogen-bond acceptors (Lipinski definition) is 5. The third kappa shape index (κ3) is 3.21. The van der Waals surface area contributed by atoms with E-state index in [9.17, 15) is 14.9 Å². The highest BCUT2D eigenvalue weighted by molar-refractivity contribution is 6.32. The fraction of sp³-hybridized carbons (Fsp3) is 0.182. The molecule has 0 spiro atoms. The Morgan fingerprint density at radius 1 is 1.56 bits per heavy atom. The van der Waals surface area contributed by atoms with E-state index in [4.69, 9.17) is 16.3 Å². The smallest absolute Gasteiger partial charge is 0.336 e. The van der Waals surface area contributed by atoms with Crippen LogP contribution in [0.5, 0.6) is 5.75 Å². The molecular weight excluding hydrogens is 262 g/mol. The van der Waals surface area contributed by atoms with E-state index >= 15 is 0 Å². The predicted molar refractivity (Wildman–Crippen MR) is 64.8 cm³/mol. The van der Waals surface area contributed by atoms with Crippen molar-refractivity contribution < 1.29 is 19.2 Å². The molecule has 0 amide bonds. The lowest BCUT2D eigenvalue weighted by atomic mass is 10.3. The summed E-state index contributed by atoms with van der Waals surface area (Å²) in [6.45, 7) is 3.19. The van der Waals surface area contributed by atoms with Crippen molar-refractivity contribution in [3.05, 3.63) is 45.5 Å². The molecule has 0 unspecified atom stereocenters. The van der Waals surface area contributed by atoms with Crippen molar-refractivity contribution in [2.45, 2.75) is 0 Å². The molecule has 0 atom stereocenters. The molecule has 0 radical (unpaired) electrons. The number of methoxy groups -OCH3 is 1. The molecule has 0 aliphatic rings. The average molecular weight is 272 g/mol. The molecule has 0 heterocycles. The summed E-state index contributed by atoms with van der Waals surface area (Å²) in [6.07, 6.45) is 0. The van der Waals surface area contributed by atoms with Gasteiger partial charge >= 0.3 is 11.7 Å². The van der Waals surface area contributed by atoms with Gasteiger partial charge < -0.3 is 9.47 Å². The number of nitro groups is 1. The maximum absolute atomic E-state index is 11.1. The van der Waals surface area contributed by atoms with E-state index in [1.165, 1.54) is 25.3 Å². The zero-order valence-corrected chi connectivity index (χ0v) is 10.3. The second-order valence-corrected chi connectivity index (χ2v) is 3.64. The minimum absolute atomic E-state index is 0.0340. The number of halogens is 1. The predicted octanol–water partition coefficient (Wildman–Crippen LogP) is 2.36. The fourth-order valence-electron chi connectivity index (χ4n) is 1.15. The molecule has 18 heavy (non-hydrogen) atoms. The van der Waals surface area contributed by atoms with Crippen LogP contribution in [0.15, 0.2) is 30.4 Å². The lowest BCUT2D eigenvalue weighted by Gasteiger charge is -2.08. The number of hydrogen-bond donors (Lipinski definition) is 0. The van der Waals surface area contributed by atoms with Gasteiger partial charge in [0.25, 0.3) is 0 Å². The van der Waals surface area contributed by atoms with Gasteiger partial charge in [0.1, 0.15) is 6.61 Å². The molecule has 7 heteroatoms. The quantitative estimate of drug-likeness (QED) is 0.355. The van der Waals surface area contributed by atoms with Gasteiger partial charge in [0, 0.05) is 6.07 Å². The molecule has 0 fully saturated rings. The lowest BCUT2D eigenvalue weighted by molar-refractivity contribution is -0.385. The number of carbonyl (C=O) groups excluding carboxylic acids is 1. The number of para-hydroxylation sites is 1. The van der Waals surface area contributed by atoms with Crippen LogP contribution < -0.4 is 4.74 Å². The Balaban J connectivity index is 2.88. The van der Waals surface area contributed by atoms with Crippen LogP contribution in [0.1, 0.15) is 0 Å². The second kappa shape index (κ2) is 6.02. The Kier molecular flexibility index (Phi) is 4.67. The molecule has 96 valence electrons. The molecule has 1 aromatic carbocycles. The molecule has 0 aliphatic carbocycles. The molecule has 0 aromatic heterocycles. The highest BCUT2D eigenvalue weighted by Gasteiger charge is 2.19. The lowest BCUT2D eigenvalue weighted by Crippen LogP contribution is -2.12. The first-order chi connectivity index (χ1) is 8.47. The third-order valence-corrected chi connectivity index (χ3v) is 2.31. The molecule has 0 aliphatic heterocycles. The van der Waals surface area contributed by atoms with Gasteiger partial charge in [-0.25, -0.2) is 4.79 Å². The zero-order valence-electron chi connectivity index (χ0n) is 9.51. The standard InChI is InChI=1S/C11H10ClNO5/c1-7(11(14)17-2)6-18-10-8(12)4-3-5-9(10)13(15)16/h3-5H,1,6H2,2H3. The van der Waals surface area contributed by atoms with Crippen LogP contribution in [0.2, 0.25) is 5.02 Å². The molecule has 0 saturated heterocycles. The summed E-state index contributed by atoms with van der Waals surface area (Å²) in [7, 11) is 1.20. The van der Waals surface area contributed by atoms with E-state index in [0.717, 1.165) is 0 Å². The number of nitrogens with zero attached hydrogens (tertiary/aromatic N) is 1. The van der Waals surface area contributed by atoms with Crippen molar-refractivity contribution in [2.75, 3.05) is 13.7 Å². The number of ether oxygens (including phenoxy) is 2. The van der Waals surface area contributed by atoms with Crippen molar-refractivity contribution >= 4 is 23.3 Å². The molecule has 0 bridgehead atoms. The van der Waals surface area contributed by atoms with E-state index in [1.807, 2.05) is 0 Å². The summed E-state index contributed by atoms with van der Waals surface area (Å²) < 4.78 is 9.56. The Morgan fingerprint density at radius 3 is 2.78 bits per heavy atom. The Hall–Kier alpha value is -2.08. The van der Waals surface area contributed by atoms with E-state index in [1.54, 1.807) is 0 Å². The van der Waals surface area contributed by atoms with Crippen LogP contribution in [0.3, 0.4) is 0 Å². The summed E-state index contributed by atoms with van der Waals surface area (Å²) in [4.78, 5) is 21.2. The second-order valence-electron chi connectivity index (χ2n) is 3.23. The molecule has 6 nitrogen and oxygen atoms in total. The van der Waals surface area contributed by atoms with E-state index in [-0.39, 0.29) is 28.6 Å². The van der Waals surface area contributed by atoms with Gasteiger partial charge in [0.2, 0.25) is 5.75 Å². The largest absolute Gasteiger partial charge is 0.481 e. The van der Waals surface area contributed by atoms with Crippen LogP contribution in [0, 0.1) is 10.1 Å². The van der Waals surface area contributed by atoms with Crippen molar-refractivity contribution in [1.82, 2.24) is 0 Å². The topological polar surface area (TPSA) is 78.7 Å². The first-order valence-electron chi connectivity index (χ1n) is 4.79. The zero-order chi connectivity index (χ0) is 13.7. The van der Waals surface area contributed by atoms with E-state index in [2.05, 4.69) is 11.3 Å². The number of esters is 1. The van der Waals surface area contributed by atoms with Gasteiger partial charge in [-0.3, -0.25) is 10.1 Å².